The Kier molecular flexibility index (Phi) is 5.04. The summed E-state index contributed by atoms with van der Waals surface area (Å²) in [4.78, 5) is 14.5. The topological polar surface area (TPSA) is 101 Å². The number of hydrogen-bond donors (Lipinski definition) is 3. The lowest BCUT2D eigenvalue weighted by atomic mass is 10.1. The van der Waals surface area contributed by atoms with E-state index >= 15 is 0 Å². The number of fused-ring (bicyclic) bond motifs is 2. The van der Waals surface area contributed by atoms with Gasteiger partial charge in [0.1, 0.15) is 10.6 Å². The molecule has 1 aliphatic rings. The third-order valence-corrected chi connectivity index (χ3v) is 5.55. The molecule has 152 valence electrons. The average molecular weight is 421 g/mol. The van der Waals surface area contributed by atoms with E-state index in [-0.39, 0.29) is 13.4 Å². The Morgan fingerprint density at radius 1 is 1.07 bits per heavy atom. The Morgan fingerprint density at radius 3 is 2.87 bits per heavy atom. The minimum Gasteiger partial charge on any atom is -0.454 e. The monoisotopic (exact) mass is 421 g/mol. The molecular weight excluding hydrogens is 402 g/mol. The highest BCUT2D eigenvalue weighted by Crippen LogP contribution is 2.41. The fraction of sp³-hybridized carbons (Fsp3) is 0.190. The maximum Gasteiger partial charge on any atom is 0.231 e. The number of rotatable bonds is 7. The molecule has 30 heavy (non-hydrogen) atoms. The number of nitrogens with zero attached hydrogens (tertiary/aromatic N) is 3. The Labute approximate surface area is 176 Å². The van der Waals surface area contributed by atoms with Crippen LogP contribution in [-0.4, -0.2) is 40.0 Å². The van der Waals surface area contributed by atoms with Crippen molar-refractivity contribution in [2.45, 2.75) is 6.54 Å². The zero-order valence-electron chi connectivity index (χ0n) is 16.0. The second kappa shape index (κ2) is 8.13. The molecule has 0 amide bonds. The minimum atomic E-state index is 0.00494. The van der Waals surface area contributed by atoms with Crippen molar-refractivity contribution in [1.82, 2.24) is 15.0 Å². The van der Waals surface area contributed by atoms with Crippen molar-refractivity contribution in [1.29, 1.82) is 0 Å². The number of aliphatic hydroxyl groups excluding tert-OH is 1. The molecule has 5 rings (SSSR count). The molecule has 4 aromatic rings. The molecule has 0 atom stereocenters. The quantitative estimate of drug-likeness (QED) is 0.417. The molecule has 4 heterocycles. The van der Waals surface area contributed by atoms with E-state index in [1.54, 1.807) is 17.5 Å². The van der Waals surface area contributed by atoms with Gasteiger partial charge in [0.2, 0.25) is 12.7 Å². The van der Waals surface area contributed by atoms with Crippen molar-refractivity contribution in [2.75, 3.05) is 30.6 Å². The first-order valence-corrected chi connectivity index (χ1v) is 10.4. The van der Waals surface area contributed by atoms with E-state index in [1.807, 2.05) is 36.4 Å². The van der Waals surface area contributed by atoms with E-state index in [0.29, 0.717) is 24.9 Å². The van der Waals surface area contributed by atoms with Crippen LogP contribution in [0.1, 0.15) is 5.69 Å². The summed E-state index contributed by atoms with van der Waals surface area (Å²) in [6.07, 6.45) is 1.77. The van der Waals surface area contributed by atoms with E-state index in [9.17, 15) is 0 Å². The zero-order chi connectivity index (χ0) is 20.3. The number of hydrogen-bond acceptors (Lipinski definition) is 9. The highest BCUT2D eigenvalue weighted by atomic mass is 32.1. The summed E-state index contributed by atoms with van der Waals surface area (Å²) >= 11 is 1.54. The smallest absolute Gasteiger partial charge is 0.231 e. The molecule has 3 aromatic heterocycles. The molecule has 9 heteroatoms. The van der Waals surface area contributed by atoms with Gasteiger partial charge in [-0.05, 0) is 29.8 Å². The Balaban J connectivity index is 1.56. The van der Waals surface area contributed by atoms with Gasteiger partial charge in [0.05, 0.1) is 24.2 Å². The lowest BCUT2D eigenvalue weighted by molar-refractivity contribution is 0.174. The van der Waals surface area contributed by atoms with Crippen LogP contribution in [0.25, 0.3) is 21.3 Å². The SMILES string of the molecule is OCCNc1nc(NCc2ccccn2)c2c(-c3ccc4c(c3)OCO4)csc2n1. The van der Waals surface area contributed by atoms with Crippen LogP contribution in [0.3, 0.4) is 0 Å². The second-order valence-electron chi connectivity index (χ2n) is 6.62. The lowest BCUT2D eigenvalue weighted by Crippen LogP contribution is -2.11. The third kappa shape index (κ3) is 3.60. The standard InChI is InChI=1S/C21H19N5O3S/c27-8-7-23-21-25-19(24-10-14-3-1-2-6-22-14)18-15(11-30-20(18)26-21)13-4-5-16-17(9-13)29-12-28-16/h1-6,9,11,27H,7-8,10,12H2,(H2,23,24,25,26). The molecule has 0 saturated heterocycles. The predicted molar refractivity (Wildman–Crippen MR) is 116 cm³/mol. The molecule has 0 aliphatic carbocycles. The molecule has 0 spiro atoms. The van der Waals surface area contributed by atoms with Crippen molar-refractivity contribution in [3.05, 3.63) is 53.7 Å². The van der Waals surface area contributed by atoms with Gasteiger partial charge in [0.15, 0.2) is 11.5 Å². The number of aromatic nitrogens is 3. The highest BCUT2D eigenvalue weighted by molar-refractivity contribution is 7.17. The van der Waals surface area contributed by atoms with E-state index in [4.69, 9.17) is 14.6 Å². The van der Waals surface area contributed by atoms with Crippen LogP contribution in [0.2, 0.25) is 0 Å². The largest absolute Gasteiger partial charge is 0.454 e. The molecule has 3 N–H and O–H groups in total. The van der Waals surface area contributed by atoms with Gasteiger partial charge < -0.3 is 25.2 Å². The number of pyridine rings is 1. The Morgan fingerprint density at radius 2 is 2.00 bits per heavy atom. The second-order valence-corrected chi connectivity index (χ2v) is 7.48. The van der Waals surface area contributed by atoms with Crippen molar-refractivity contribution in [3.63, 3.8) is 0 Å². The molecule has 0 unspecified atom stereocenters. The molecule has 0 radical (unpaired) electrons. The van der Waals surface area contributed by atoms with Gasteiger partial charge in [-0.3, -0.25) is 4.98 Å². The maximum atomic E-state index is 9.13. The molecular formula is C21H19N5O3S. The van der Waals surface area contributed by atoms with Crippen LogP contribution < -0.4 is 20.1 Å². The van der Waals surface area contributed by atoms with Crippen molar-refractivity contribution in [2.24, 2.45) is 0 Å². The first-order valence-electron chi connectivity index (χ1n) is 9.49. The van der Waals surface area contributed by atoms with E-state index < -0.39 is 0 Å². The van der Waals surface area contributed by atoms with Gasteiger partial charge in [-0.1, -0.05) is 12.1 Å². The van der Waals surface area contributed by atoms with Gasteiger partial charge in [0.25, 0.3) is 0 Å². The number of thiophene rings is 1. The third-order valence-electron chi connectivity index (χ3n) is 4.68. The minimum absolute atomic E-state index is 0.00494. The molecule has 0 fully saturated rings. The van der Waals surface area contributed by atoms with Gasteiger partial charge in [-0.2, -0.15) is 4.98 Å². The van der Waals surface area contributed by atoms with Gasteiger partial charge in [-0.25, -0.2) is 4.98 Å². The number of ether oxygens (including phenoxy) is 2. The summed E-state index contributed by atoms with van der Waals surface area (Å²) in [7, 11) is 0. The summed E-state index contributed by atoms with van der Waals surface area (Å²) < 4.78 is 11.0. The fourth-order valence-electron chi connectivity index (χ4n) is 3.27. The molecule has 0 saturated carbocycles. The molecule has 1 aromatic carbocycles. The van der Waals surface area contributed by atoms with Crippen LogP contribution >= 0.6 is 11.3 Å². The summed E-state index contributed by atoms with van der Waals surface area (Å²) in [5, 5.41) is 18.6. The highest BCUT2D eigenvalue weighted by Gasteiger charge is 2.19. The lowest BCUT2D eigenvalue weighted by Gasteiger charge is -2.11. The Bertz CT molecular complexity index is 1180. The van der Waals surface area contributed by atoms with Gasteiger partial charge in [-0.15, -0.1) is 11.3 Å². The van der Waals surface area contributed by atoms with Crippen LogP contribution in [0.5, 0.6) is 11.5 Å². The van der Waals surface area contributed by atoms with Crippen LogP contribution in [0.4, 0.5) is 11.8 Å². The number of anilines is 2. The first kappa shape index (κ1) is 18.6. The summed E-state index contributed by atoms with van der Waals surface area (Å²) in [6.45, 7) is 1.16. The first-order chi connectivity index (χ1) is 14.8. The Hall–Kier alpha value is -3.43. The normalized spacial score (nSPS) is 12.3. The van der Waals surface area contributed by atoms with Crippen molar-refractivity contribution >= 4 is 33.3 Å². The van der Waals surface area contributed by atoms with Gasteiger partial charge in [0, 0.05) is 23.7 Å². The van der Waals surface area contributed by atoms with E-state index in [2.05, 4.69) is 31.0 Å². The van der Waals surface area contributed by atoms with Crippen LogP contribution in [0.15, 0.2) is 48.0 Å². The number of nitrogens with one attached hydrogen (secondary N) is 2. The molecule has 0 bridgehead atoms. The summed E-state index contributed by atoms with van der Waals surface area (Å²) in [5.41, 5.74) is 2.94. The van der Waals surface area contributed by atoms with E-state index in [0.717, 1.165) is 38.5 Å². The van der Waals surface area contributed by atoms with Crippen molar-refractivity contribution < 1.29 is 14.6 Å². The summed E-state index contributed by atoms with van der Waals surface area (Å²) in [6, 6.07) is 11.7. The van der Waals surface area contributed by atoms with Crippen molar-refractivity contribution in [3.8, 4) is 22.6 Å². The van der Waals surface area contributed by atoms with Crippen LogP contribution in [-0.2, 0) is 6.54 Å². The predicted octanol–water partition coefficient (Wildman–Crippen LogP) is 3.50. The zero-order valence-corrected chi connectivity index (χ0v) is 16.8. The van der Waals surface area contributed by atoms with E-state index in [1.165, 1.54) is 0 Å². The molecule has 8 nitrogen and oxygen atoms in total. The number of aliphatic hydroxyl groups is 1. The van der Waals surface area contributed by atoms with Crippen LogP contribution in [0, 0.1) is 0 Å². The summed E-state index contributed by atoms with van der Waals surface area (Å²) in [5.74, 6) is 2.66. The molecule has 1 aliphatic heterocycles. The number of benzene rings is 1. The average Bonchev–Trinajstić information content (AvgIpc) is 3.43. The van der Waals surface area contributed by atoms with Gasteiger partial charge >= 0.3 is 0 Å². The maximum absolute atomic E-state index is 9.13. The fourth-order valence-corrected chi connectivity index (χ4v) is 4.22.